The molecule has 0 unspecified atom stereocenters. The van der Waals surface area contributed by atoms with Crippen LogP contribution in [0.1, 0.15) is 32.1 Å². The molecule has 1 saturated heterocycles. The minimum absolute atomic E-state index is 0.130. The van der Waals surface area contributed by atoms with Crippen LogP contribution in [0.4, 0.5) is 0 Å². The fraction of sp³-hybridized carbons (Fsp3) is 0.800. The summed E-state index contributed by atoms with van der Waals surface area (Å²) in [6.07, 6.45) is 3.76. The topological polar surface area (TPSA) is 55.4 Å². The standard InChI is InChI=1S/C10H17NO3/c1-14-10(13)5-3-8-2-4-9(12)11-7-6-8/h8H,2-7H2,1H3,(H,11,12)/t8-/m1/s1. The van der Waals surface area contributed by atoms with E-state index in [2.05, 4.69) is 10.1 Å². The number of carbonyl (C=O) groups is 2. The van der Waals surface area contributed by atoms with E-state index in [0.717, 1.165) is 25.8 Å². The van der Waals surface area contributed by atoms with E-state index in [4.69, 9.17) is 0 Å². The Bertz CT molecular complexity index is 215. The fourth-order valence-electron chi connectivity index (χ4n) is 1.70. The van der Waals surface area contributed by atoms with Gasteiger partial charge in [-0.05, 0) is 25.2 Å². The molecule has 0 aromatic rings. The summed E-state index contributed by atoms with van der Waals surface area (Å²) in [7, 11) is 1.40. The Morgan fingerprint density at radius 1 is 1.57 bits per heavy atom. The first-order valence-corrected chi connectivity index (χ1v) is 5.06. The number of ether oxygens (including phenoxy) is 1. The molecule has 1 rings (SSSR count). The summed E-state index contributed by atoms with van der Waals surface area (Å²) < 4.78 is 4.57. The van der Waals surface area contributed by atoms with Crippen LogP contribution in [0.25, 0.3) is 0 Å². The van der Waals surface area contributed by atoms with E-state index in [1.807, 2.05) is 0 Å². The average molecular weight is 199 g/mol. The van der Waals surface area contributed by atoms with Gasteiger partial charge < -0.3 is 10.1 Å². The second-order valence-electron chi connectivity index (χ2n) is 3.66. The van der Waals surface area contributed by atoms with Crippen molar-refractivity contribution in [1.82, 2.24) is 5.32 Å². The monoisotopic (exact) mass is 199 g/mol. The van der Waals surface area contributed by atoms with E-state index in [1.54, 1.807) is 0 Å². The zero-order chi connectivity index (χ0) is 10.4. The Morgan fingerprint density at radius 3 is 3.07 bits per heavy atom. The highest BCUT2D eigenvalue weighted by Crippen LogP contribution is 2.19. The first-order valence-electron chi connectivity index (χ1n) is 5.06. The number of hydrogen-bond acceptors (Lipinski definition) is 3. The Labute approximate surface area is 84.0 Å². The maximum atomic E-state index is 11.0. The number of hydrogen-bond donors (Lipinski definition) is 1. The lowest BCUT2D eigenvalue weighted by Crippen LogP contribution is -2.21. The first kappa shape index (κ1) is 11.0. The number of carbonyl (C=O) groups excluding carboxylic acids is 2. The summed E-state index contributed by atoms with van der Waals surface area (Å²) in [6, 6.07) is 0. The van der Waals surface area contributed by atoms with Crippen molar-refractivity contribution >= 4 is 11.9 Å². The molecule has 4 heteroatoms. The van der Waals surface area contributed by atoms with Crippen LogP contribution in [0, 0.1) is 5.92 Å². The molecule has 1 amide bonds. The molecule has 80 valence electrons. The summed E-state index contributed by atoms with van der Waals surface area (Å²) in [6.45, 7) is 0.741. The van der Waals surface area contributed by atoms with Gasteiger partial charge in [-0.25, -0.2) is 0 Å². The van der Waals surface area contributed by atoms with Crippen molar-refractivity contribution < 1.29 is 14.3 Å². The third kappa shape index (κ3) is 3.77. The van der Waals surface area contributed by atoms with E-state index >= 15 is 0 Å². The molecule has 4 nitrogen and oxygen atoms in total. The second-order valence-corrected chi connectivity index (χ2v) is 3.66. The molecule has 1 aliphatic rings. The summed E-state index contributed by atoms with van der Waals surface area (Å²) in [4.78, 5) is 21.9. The summed E-state index contributed by atoms with van der Waals surface area (Å²) >= 11 is 0. The number of amides is 1. The average Bonchev–Trinajstić information content (AvgIpc) is 2.39. The molecule has 0 bridgehead atoms. The molecule has 1 N–H and O–H groups in total. The molecule has 0 spiro atoms. The SMILES string of the molecule is COC(=O)CC[C@@H]1CCNC(=O)CC1. The maximum Gasteiger partial charge on any atom is 0.305 e. The van der Waals surface area contributed by atoms with Gasteiger partial charge in [-0.15, -0.1) is 0 Å². The minimum atomic E-state index is -0.159. The Balaban J connectivity index is 2.23. The van der Waals surface area contributed by atoms with E-state index < -0.39 is 0 Å². The molecular weight excluding hydrogens is 182 g/mol. The lowest BCUT2D eigenvalue weighted by atomic mass is 9.95. The minimum Gasteiger partial charge on any atom is -0.469 e. The maximum absolute atomic E-state index is 11.0. The molecule has 1 aliphatic heterocycles. The number of methoxy groups -OCH3 is 1. The van der Waals surface area contributed by atoms with Crippen molar-refractivity contribution in [3.8, 4) is 0 Å². The molecule has 1 heterocycles. The van der Waals surface area contributed by atoms with Crippen molar-refractivity contribution in [2.45, 2.75) is 32.1 Å². The molecule has 0 aromatic heterocycles. The molecular formula is C10H17NO3. The first-order chi connectivity index (χ1) is 6.72. The zero-order valence-electron chi connectivity index (χ0n) is 8.54. The second kappa shape index (κ2) is 5.62. The zero-order valence-corrected chi connectivity index (χ0v) is 8.54. The van der Waals surface area contributed by atoms with Crippen LogP contribution in [0.2, 0.25) is 0 Å². The molecule has 0 aromatic carbocycles. The lowest BCUT2D eigenvalue weighted by molar-refractivity contribution is -0.141. The summed E-state index contributed by atoms with van der Waals surface area (Å²) in [5.74, 6) is 0.451. The molecule has 1 fully saturated rings. The van der Waals surface area contributed by atoms with Crippen molar-refractivity contribution in [1.29, 1.82) is 0 Å². The normalized spacial score (nSPS) is 22.4. The van der Waals surface area contributed by atoms with Crippen LogP contribution in [-0.4, -0.2) is 25.5 Å². The predicted octanol–water partition coefficient (Wildman–Crippen LogP) is 0.856. The molecule has 0 aliphatic carbocycles. The number of rotatable bonds is 3. The van der Waals surface area contributed by atoms with Crippen LogP contribution in [0.5, 0.6) is 0 Å². The van der Waals surface area contributed by atoms with Gasteiger partial charge in [0.15, 0.2) is 0 Å². The van der Waals surface area contributed by atoms with Gasteiger partial charge in [-0.3, -0.25) is 9.59 Å². The number of esters is 1. The van der Waals surface area contributed by atoms with Gasteiger partial charge in [0, 0.05) is 19.4 Å². The fourth-order valence-corrected chi connectivity index (χ4v) is 1.70. The van der Waals surface area contributed by atoms with Gasteiger partial charge in [0.1, 0.15) is 0 Å². The molecule has 14 heavy (non-hydrogen) atoms. The molecule has 1 atom stereocenters. The predicted molar refractivity (Wildman–Crippen MR) is 51.6 cm³/mol. The van der Waals surface area contributed by atoms with Crippen molar-refractivity contribution in [3.63, 3.8) is 0 Å². The highest BCUT2D eigenvalue weighted by Gasteiger charge is 2.16. The molecule has 0 radical (unpaired) electrons. The quantitative estimate of drug-likeness (QED) is 0.686. The molecule has 0 saturated carbocycles. The Hall–Kier alpha value is -1.06. The van der Waals surface area contributed by atoms with E-state index in [0.29, 0.717) is 18.8 Å². The number of nitrogens with one attached hydrogen (secondary N) is 1. The van der Waals surface area contributed by atoms with Crippen LogP contribution < -0.4 is 5.32 Å². The third-order valence-corrected chi connectivity index (χ3v) is 2.64. The summed E-state index contributed by atoms with van der Waals surface area (Å²) in [5.41, 5.74) is 0. The van der Waals surface area contributed by atoms with Crippen molar-refractivity contribution in [2.75, 3.05) is 13.7 Å². The van der Waals surface area contributed by atoms with Crippen molar-refractivity contribution in [3.05, 3.63) is 0 Å². The highest BCUT2D eigenvalue weighted by atomic mass is 16.5. The van der Waals surface area contributed by atoms with Crippen molar-refractivity contribution in [2.24, 2.45) is 5.92 Å². The largest absolute Gasteiger partial charge is 0.469 e. The van der Waals surface area contributed by atoms with Crippen LogP contribution in [0.3, 0.4) is 0 Å². The van der Waals surface area contributed by atoms with Gasteiger partial charge in [-0.1, -0.05) is 0 Å². The summed E-state index contributed by atoms with van der Waals surface area (Å²) in [5, 5.41) is 2.82. The van der Waals surface area contributed by atoms with Crippen LogP contribution in [-0.2, 0) is 14.3 Å². The van der Waals surface area contributed by atoms with Gasteiger partial charge in [0.05, 0.1) is 7.11 Å². The van der Waals surface area contributed by atoms with Gasteiger partial charge in [-0.2, -0.15) is 0 Å². The van der Waals surface area contributed by atoms with Crippen LogP contribution in [0.15, 0.2) is 0 Å². The van der Waals surface area contributed by atoms with E-state index in [9.17, 15) is 9.59 Å². The van der Waals surface area contributed by atoms with Gasteiger partial charge in [0.25, 0.3) is 0 Å². The van der Waals surface area contributed by atoms with E-state index in [1.165, 1.54) is 7.11 Å². The smallest absolute Gasteiger partial charge is 0.305 e. The highest BCUT2D eigenvalue weighted by molar-refractivity contribution is 5.76. The van der Waals surface area contributed by atoms with Gasteiger partial charge >= 0.3 is 5.97 Å². The van der Waals surface area contributed by atoms with E-state index in [-0.39, 0.29) is 11.9 Å². The lowest BCUT2D eigenvalue weighted by Gasteiger charge is -2.11. The Morgan fingerprint density at radius 2 is 2.36 bits per heavy atom. The third-order valence-electron chi connectivity index (χ3n) is 2.64. The van der Waals surface area contributed by atoms with Gasteiger partial charge in [0.2, 0.25) is 5.91 Å². The van der Waals surface area contributed by atoms with Crippen LogP contribution >= 0.6 is 0 Å². The Kier molecular flexibility index (Phi) is 4.43.